The third-order valence-electron chi connectivity index (χ3n) is 5.42. The Balaban J connectivity index is 1.36. The Labute approximate surface area is 163 Å². The van der Waals surface area contributed by atoms with Crippen molar-refractivity contribution in [2.45, 2.75) is 39.0 Å². The summed E-state index contributed by atoms with van der Waals surface area (Å²) in [7, 11) is 0. The summed E-state index contributed by atoms with van der Waals surface area (Å²) in [6.07, 6.45) is 5.20. The number of carbonyl (C=O) groups is 2. The van der Waals surface area contributed by atoms with Gasteiger partial charge in [-0.05, 0) is 61.8 Å². The lowest BCUT2D eigenvalue weighted by Gasteiger charge is -2.17. The zero-order valence-electron chi connectivity index (χ0n) is 15.6. The summed E-state index contributed by atoms with van der Waals surface area (Å²) in [5.74, 6) is 0.169. The molecule has 1 aromatic carbocycles. The summed E-state index contributed by atoms with van der Waals surface area (Å²) in [5, 5.41) is 2.70. The minimum absolute atomic E-state index is 0.138. The van der Waals surface area contributed by atoms with Crippen molar-refractivity contribution in [1.82, 2.24) is 9.88 Å². The van der Waals surface area contributed by atoms with Crippen molar-refractivity contribution >= 4 is 23.2 Å². The first kappa shape index (κ1) is 18.2. The molecule has 0 bridgehead atoms. The third-order valence-corrected chi connectivity index (χ3v) is 6.29. The van der Waals surface area contributed by atoms with Crippen molar-refractivity contribution in [2.24, 2.45) is 5.92 Å². The molecule has 0 spiro atoms. The van der Waals surface area contributed by atoms with Gasteiger partial charge in [-0.15, -0.1) is 11.3 Å². The minimum atomic E-state index is -0.361. The molecule has 1 amide bonds. The van der Waals surface area contributed by atoms with E-state index in [4.69, 9.17) is 4.74 Å². The molecule has 5 nitrogen and oxygen atoms in total. The molecule has 1 aromatic heterocycles. The fraction of sp³-hybridized carbons (Fsp3) is 0.476. The Hall–Kier alpha value is -2.21. The molecule has 2 heterocycles. The highest BCUT2D eigenvalue weighted by atomic mass is 32.1. The second-order valence-corrected chi connectivity index (χ2v) is 8.24. The smallest absolute Gasteiger partial charge is 0.357 e. The predicted octanol–water partition coefficient (Wildman–Crippen LogP) is 3.51. The number of hydrogen-bond donors (Lipinski definition) is 0. The molecule has 0 saturated carbocycles. The normalized spacial score (nSPS) is 18.6. The van der Waals surface area contributed by atoms with Crippen molar-refractivity contribution in [3.63, 3.8) is 0 Å². The van der Waals surface area contributed by atoms with Gasteiger partial charge in [0, 0.05) is 30.5 Å². The van der Waals surface area contributed by atoms with Crippen molar-refractivity contribution < 1.29 is 14.3 Å². The van der Waals surface area contributed by atoms with Crippen LogP contribution in [0.2, 0.25) is 0 Å². The minimum Gasteiger partial charge on any atom is -0.461 e. The van der Waals surface area contributed by atoms with E-state index in [0.717, 1.165) is 49.3 Å². The molecule has 0 N–H and O–H groups in total. The molecule has 1 aliphatic heterocycles. The number of carbonyl (C=O) groups excluding carboxylic acids is 2. The van der Waals surface area contributed by atoms with E-state index in [1.165, 1.54) is 28.9 Å². The van der Waals surface area contributed by atoms with E-state index in [1.807, 2.05) is 11.0 Å². The molecule has 1 fully saturated rings. The van der Waals surface area contributed by atoms with Crippen LogP contribution in [0.4, 0.5) is 0 Å². The van der Waals surface area contributed by atoms with E-state index in [0.29, 0.717) is 18.2 Å². The van der Waals surface area contributed by atoms with Gasteiger partial charge in [-0.25, -0.2) is 9.78 Å². The molecule has 1 atom stereocenters. The van der Waals surface area contributed by atoms with Gasteiger partial charge in [0.15, 0.2) is 5.69 Å². The summed E-state index contributed by atoms with van der Waals surface area (Å²) in [6.45, 7) is 3.69. The van der Waals surface area contributed by atoms with Crippen LogP contribution in [-0.2, 0) is 24.0 Å². The summed E-state index contributed by atoms with van der Waals surface area (Å²) < 4.78 is 4.99. The number of rotatable bonds is 5. The van der Waals surface area contributed by atoms with Crippen LogP contribution in [0.25, 0.3) is 0 Å². The standard InChI is InChI=1S/C21H24N2O3S/c1-2-26-21(25)18-13-27-19(22-18)10-14-8-9-23(12-14)20(24)17-7-6-15-4-3-5-16(15)11-17/h6-7,11,13-14H,2-5,8-10,12H2,1H3. The number of thiazole rings is 1. The second kappa shape index (κ2) is 7.80. The molecule has 142 valence electrons. The quantitative estimate of drug-likeness (QED) is 0.740. The highest BCUT2D eigenvalue weighted by Crippen LogP contribution is 2.27. The van der Waals surface area contributed by atoms with E-state index in [9.17, 15) is 9.59 Å². The summed E-state index contributed by atoms with van der Waals surface area (Å²) in [4.78, 5) is 31.0. The molecule has 1 aliphatic carbocycles. The van der Waals surface area contributed by atoms with Gasteiger partial charge in [0.1, 0.15) is 0 Å². The predicted molar refractivity (Wildman–Crippen MR) is 104 cm³/mol. The second-order valence-electron chi connectivity index (χ2n) is 7.29. The Morgan fingerprint density at radius 3 is 3.00 bits per heavy atom. The molecular weight excluding hydrogens is 360 g/mol. The average Bonchev–Trinajstić information content (AvgIpc) is 3.41. The van der Waals surface area contributed by atoms with E-state index < -0.39 is 0 Å². The molecule has 6 heteroatoms. The highest BCUT2D eigenvalue weighted by molar-refractivity contribution is 7.09. The summed E-state index contributed by atoms with van der Waals surface area (Å²) >= 11 is 1.49. The lowest BCUT2D eigenvalue weighted by Crippen LogP contribution is -2.29. The van der Waals surface area contributed by atoms with E-state index in [1.54, 1.807) is 12.3 Å². The van der Waals surface area contributed by atoms with Gasteiger partial charge in [-0.1, -0.05) is 6.07 Å². The number of benzene rings is 1. The van der Waals surface area contributed by atoms with Crippen LogP contribution < -0.4 is 0 Å². The largest absolute Gasteiger partial charge is 0.461 e. The van der Waals surface area contributed by atoms with Crippen LogP contribution in [0.5, 0.6) is 0 Å². The number of esters is 1. The first-order chi connectivity index (χ1) is 13.1. The monoisotopic (exact) mass is 384 g/mol. The third kappa shape index (κ3) is 3.90. The van der Waals surface area contributed by atoms with E-state index >= 15 is 0 Å². The van der Waals surface area contributed by atoms with Crippen LogP contribution in [0.1, 0.15) is 56.7 Å². The zero-order valence-corrected chi connectivity index (χ0v) is 16.4. The fourth-order valence-corrected chi connectivity index (χ4v) is 4.90. The number of fused-ring (bicyclic) bond motifs is 1. The molecular formula is C21H24N2O3S. The van der Waals surface area contributed by atoms with Crippen molar-refractivity contribution in [3.05, 3.63) is 51.0 Å². The first-order valence-corrected chi connectivity index (χ1v) is 10.5. The number of nitrogens with zero attached hydrogens (tertiary/aromatic N) is 2. The van der Waals surface area contributed by atoms with Crippen LogP contribution >= 0.6 is 11.3 Å². The number of likely N-dealkylation sites (tertiary alicyclic amines) is 1. The molecule has 0 radical (unpaired) electrons. The number of aryl methyl sites for hydroxylation is 2. The molecule has 2 aromatic rings. The Morgan fingerprint density at radius 1 is 1.30 bits per heavy atom. The van der Waals surface area contributed by atoms with E-state index in [2.05, 4.69) is 17.1 Å². The summed E-state index contributed by atoms with van der Waals surface area (Å²) in [6, 6.07) is 6.19. The molecule has 1 unspecified atom stereocenters. The van der Waals surface area contributed by atoms with Crippen LogP contribution in [0.15, 0.2) is 23.6 Å². The number of hydrogen-bond acceptors (Lipinski definition) is 5. The Morgan fingerprint density at radius 2 is 2.15 bits per heavy atom. The van der Waals surface area contributed by atoms with Gasteiger partial charge in [0.2, 0.25) is 0 Å². The maximum Gasteiger partial charge on any atom is 0.357 e. The fourth-order valence-electron chi connectivity index (χ4n) is 4.02. The number of amides is 1. The van der Waals surface area contributed by atoms with Crippen molar-refractivity contribution in [2.75, 3.05) is 19.7 Å². The molecule has 2 aliphatic rings. The first-order valence-electron chi connectivity index (χ1n) is 9.66. The maximum absolute atomic E-state index is 12.9. The maximum atomic E-state index is 12.9. The van der Waals surface area contributed by atoms with Crippen molar-refractivity contribution in [3.8, 4) is 0 Å². The van der Waals surface area contributed by atoms with Gasteiger partial charge in [-0.3, -0.25) is 4.79 Å². The topological polar surface area (TPSA) is 59.5 Å². The lowest BCUT2D eigenvalue weighted by molar-refractivity contribution is 0.0520. The lowest BCUT2D eigenvalue weighted by atomic mass is 10.1. The van der Waals surface area contributed by atoms with Gasteiger partial charge >= 0.3 is 5.97 Å². The average molecular weight is 385 g/mol. The number of aromatic nitrogens is 1. The Kier molecular flexibility index (Phi) is 5.25. The zero-order chi connectivity index (χ0) is 18.8. The number of ether oxygens (including phenoxy) is 1. The highest BCUT2D eigenvalue weighted by Gasteiger charge is 2.28. The Bertz CT molecular complexity index is 861. The molecule has 27 heavy (non-hydrogen) atoms. The van der Waals surface area contributed by atoms with Crippen LogP contribution in [0, 0.1) is 5.92 Å². The SMILES string of the molecule is CCOC(=O)c1csc(CC2CCN(C(=O)c3ccc4c(c3)CCC4)C2)n1. The van der Waals surface area contributed by atoms with Gasteiger partial charge in [0.05, 0.1) is 11.6 Å². The van der Waals surface area contributed by atoms with Crippen molar-refractivity contribution in [1.29, 1.82) is 0 Å². The van der Waals surface area contributed by atoms with Crippen LogP contribution in [0.3, 0.4) is 0 Å². The van der Waals surface area contributed by atoms with Gasteiger partial charge in [0.25, 0.3) is 5.91 Å². The molecule has 1 saturated heterocycles. The molecule has 4 rings (SSSR count). The van der Waals surface area contributed by atoms with E-state index in [-0.39, 0.29) is 11.9 Å². The van der Waals surface area contributed by atoms with Gasteiger partial charge < -0.3 is 9.64 Å². The van der Waals surface area contributed by atoms with Gasteiger partial charge in [-0.2, -0.15) is 0 Å². The summed E-state index contributed by atoms with van der Waals surface area (Å²) in [5.41, 5.74) is 3.94. The van der Waals surface area contributed by atoms with Crippen LogP contribution in [-0.4, -0.2) is 41.5 Å².